The van der Waals surface area contributed by atoms with Crippen LogP contribution in [0.2, 0.25) is 0 Å². The van der Waals surface area contributed by atoms with E-state index in [0.717, 1.165) is 50.5 Å². The van der Waals surface area contributed by atoms with Crippen molar-refractivity contribution in [2.45, 2.75) is 0 Å². The molecule has 9 aromatic carbocycles. The zero-order valence-corrected chi connectivity index (χ0v) is 29.6. The van der Waals surface area contributed by atoms with Crippen LogP contribution >= 0.6 is 0 Å². The molecule has 254 valence electrons. The molecule has 0 aliphatic heterocycles. The van der Waals surface area contributed by atoms with E-state index in [2.05, 4.69) is 199 Å². The topological polar surface area (TPSA) is 16.4 Å². The summed E-state index contributed by atoms with van der Waals surface area (Å²) in [5, 5.41) is 6.06. The molecule has 0 amide bonds. The standard InChI is InChI=1S/C52H35NO/c1-3-13-36(14-4-1)42-31-43(37-15-5-2-6-16-37)34-46(33-42)53(45-29-30-49-40(32-45)24-23-38-17-7-9-19-47(38)49)44-27-25-39(26-28-44)48-20-10-11-21-50(48)52-35-41-18-8-12-22-51(41)54-52/h1-35H. The first-order valence-corrected chi connectivity index (χ1v) is 18.4. The lowest BCUT2D eigenvalue weighted by molar-refractivity contribution is 0.632. The Hall–Kier alpha value is -7.16. The van der Waals surface area contributed by atoms with Gasteiger partial charge in [-0.05, 0) is 110 Å². The lowest BCUT2D eigenvalue weighted by Gasteiger charge is -2.27. The number of hydrogen-bond donors (Lipinski definition) is 0. The Morgan fingerprint density at radius 1 is 0.296 bits per heavy atom. The quantitative estimate of drug-likeness (QED) is 0.155. The number of benzene rings is 9. The number of para-hydroxylation sites is 1. The molecule has 0 saturated carbocycles. The molecule has 0 radical (unpaired) electrons. The molecule has 0 N–H and O–H groups in total. The maximum Gasteiger partial charge on any atom is 0.136 e. The van der Waals surface area contributed by atoms with Gasteiger partial charge >= 0.3 is 0 Å². The van der Waals surface area contributed by atoms with Gasteiger partial charge in [0.2, 0.25) is 0 Å². The Kier molecular flexibility index (Phi) is 7.85. The van der Waals surface area contributed by atoms with Crippen molar-refractivity contribution in [2.24, 2.45) is 0 Å². The number of rotatable bonds is 7. The van der Waals surface area contributed by atoms with Crippen LogP contribution in [0.1, 0.15) is 0 Å². The average molecular weight is 690 g/mol. The van der Waals surface area contributed by atoms with Crippen molar-refractivity contribution in [3.8, 4) is 44.7 Å². The number of furan rings is 1. The predicted octanol–water partition coefficient (Wildman–Crippen LogP) is 14.9. The third-order valence-electron chi connectivity index (χ3n) is 10.4. The van der Waals surface area contributed by atoms with Crippen LogP contribution in [0.4, 0.5) is 17.1 Å². The van der Waals surface area contributed by atoms with Gasteiger partial charge in [-0.15, -0.1) is 0 Å². The van der Waals surface area contributed by atoms with Crippen molar-refractivity contribution in [3.05, 3.63) is 212 Å². The van der Waals surface area contributed by atoms with Gasteiger partial charge in [0.05, 0.1) is 0 Å². The molecular formula is C52H35NO. The smallest absolute Gasteiger partial charge is 0.136 e. The van der Waals surface area contributed by atoms with Crippen LogP contribution in [0.15, 0.2) is 217 Å². The van der Waals surface area contributed by atoms with Crippen LogP contribution in [-0.4, -0.2) is 0 Å². The van der Waals surface area contributed by atoms with E-state index in [-0.39, 0.29) is 0 Å². The summed E-state index contributed by atoms with van der Waals surface area (Å²) in [5.41, 5.74) is 12.2. The lowest BCUT2D eigenvalue weighted by atomic mass is 9.96. The van der Waals surface area contributed by atoms with E-state index < -0.39 is 0 Å². The molecule has 0 saturated heterocycles. The van der Waals surface area contributed by atoms with E-state index in [0.29, 0.717) is 0 Å². The van der Waals surface area contributed by atoms with Crippen molar-refractivity contribution in [2.75, 3.05) is 4.90 Å². The summed E-state index contributed by atoms with van der Waals surface area (Å²) < 4.78 is 6.34. The van der Waals surface area contributed by atoms with Crippen molar-refractivity contribution in [3.63, 3.8) is 0 Å². The molecule has 0 spiro atoms. The summed E-state index contributed by atoms with van der Waals surface area (Å²) in [4.78, 5) is 2.39. The van der Waals surface area contributed by atoms with Crippen LogP contribution in [-0.2, 0) is 0 Å². The Bertz CT molecular complexity index is 2830. The van der Waals surface area contributed by atoms with Gasteiger partial charge in [0.25, 0.3) is 0 Å². The molecule has 10 rings (SSSR count). The van der Waals surface area contributed by atoms with Gasteiger partial charge < -0.3 is 9.32 Å². The highest BCUT2D eigenvalue weighted by Gasteiger charge is 2.18. The van der Waals surface area contributed by atoms with E-state index >= 15 is 0 Å². The van der Waals surface area contributed by atoms with Gasteiger partial charge in [-0.2, -0.15) is 0 Å². The second-order valence-electron chi connectivity index (χ2n) is 13.8. The SMILES string of the molecule is c1ccc(-c2cc(-c3ccccc3)cc(N(c3ccc(-c4ccccc4-c4cc5ccccc5o4)cc3)c3ccc4c(ccc5ccccc54)c3)c2)cc1. The molecule has 2 heteroatoms. The first-order valence-electron chi connectivity index (χ1n) is 18.4. The van der Waals surface area contributed by atoms with Crippen LogP contribution in [0.5, 0.6) is 0 Å². The molecule has 54 heavy (non-hydrogen) atoms. The van der Waals surface area contributed by atoms with Gasteiger partial charge in [-0.25, -0.2) is 0 Å². The van der Waals surface area contributed by atoms with Crippen molar-refractivity contribution >= 4 is 49.6 Å². The fraction of sp³-hybridized carbons (Fsp3) is 0. The van der Waals surface area contributed by atoms with Crippen molar-refractivity contribution in [1.29, 1.82) is 0 Å². The Morgan fingerprint density at radius 3 is 1.59 bits per heavy atom. The average Bonchev–Trinajstić information content (AvgIpc) is 3.69. The molecule has 10 aromatic rings. The third-order valence-corrected chi connectivity index (χ3v) is 10.4. The van der Waals surface area contributed by atoms with Crippen LogP contribution in [0.3, 0.4) is 0 Å². The maximum atomic E-state index is 6.34. The number of fused-ring (bicyclic) bond motifs is 4. The van der Waals surface area contributed by atoms with Gasteiger partial charge in [-0.3, -0.25) is 0 Å². The van der Waals surface area contributed by atoms with Crippen LogP contribution in [0.25, 0.3) is 77.2 Å². The molecule has 0 unspecified atom stereocenters. The first kappa shape index (κ1) is 31.6. The summed E-state index contributed by atoms with van der Waals surface area (Å²) in [6.45, 7) is 0. The fourth-order valence-corrected chi connectivity index (χ4v) is 7.78. The minimum Gasteiger partial charge on any atom is -0.456 e. The summed E-state index contributed by atoms with van der Waals surface area (Å²) >= 11 is 0. The Labute approximate surface area is 314 Å². The van der Waals surface area contributed by atoms with Gasteiger partial charge in [0, 0.05) is 28.0 Å². The lowest BCUT2D eigenvalue weighted by Crippen LogP contribution is -2.10. The molecule has 0 aliphatic carbocycles. The number of anilines is 3. The third kappa shape index (κ3) is 5.81. The first-order chi connectivity index (χ1) is 26.7. The van der Waals surface area contributed by atoms with Crippen LogP contribution < -0.4 is 4.90 Å². The summed E-state index contributed by atoms with van der Waals surface area (Å²) in [6, 6.07) is 76.0. The summed E-state index contributed by atoms with van der Waals surface area (Å²) in [5.74, 6) is 0.868. The molecule has 1 heterocycles. The summed E-state index contributed by atoms with van der Waals surface area (Å²) in [7, 11) is 0. The van der Waals surface area contributed by atoms with E-state index in [1.807, 2.05) is 18.2 Å². The Balaban J connectivity index is 1.14. The van der Waals surface area contributed by atoms with Gasteiger partial charge in [-0.1, -0.05) is 158 Å². The zero-order chi connectivity index (χ0) is 35.8. The van der Waals surface area contributed by atoms with Gasteiger partial charge in [0.1, 0.15) is 11.3 Å². The Morgan fingerprint density at radius 2 is 0.870 bits per heavy atom. The van der Waals surface area contributed by atoms with E-state index in [9.17, 15) is 0 Å². The predicted molar refractivity (Wildman–Crippen MR) is 228 cm³/mol. The maximum absolute atomic E-state index is 6.34. The molecule has 0 bridgehead atoms. The summed E-state index contributed by atoms with van der Waals surface area (Å²) in [6.07, 6.45) is 0. The molecule has 0 aliphatic rings. The minimum absolute atomic E-state index is 0.868. The second kappa shape index (κ2) is 13.4. The molecule has 0 atom stereocenters. The number of nitrogens with zero attached hydrogens (tertiary/aromatic N) is 1. The monoisotopic (exact) mass is 689 g/mol. The van der Waals surface area contributed by atoms with E-state index in [1.54, 1.807) is 0 Å². The molecule has 2 nitrogen and oxygen atoms in total. The minimum atomic E-state index is 0.868. The highest BCUT2D eigenvalue weighted by molar-refractivity contribution is 6.08. The fourth-order valence-electron chi connectivity index (χ4n) is 7.78. The molecule has 1 aromatic heterocycles. The van der Waals surface area contributed by atoms with E-state index in [4.69, 9.17) is 4.42 Å². The zero-order valence-electron chi connectivity index (χ0n) is 29.6. The van der Waals surface area contributed by atoms with Crippen LogP contribution in [0, 0.1) is 0 Å². The van der Waals surface area contributed by atoms with Crippen molar-refractivity contribution < 1.29 is 4.42 Å². The van der Waals surface area contributed by atoms with E-state index in [1.165, 1.54) is 43.8 Å². The normalized spacial score (nSPS) is 11.3. The largest absolute Gasteiger partial charge is 0.456 e. The highest BCUT2D eigenvalue weighted by Crippen LogP contribution is 2.43. The number of hydrogen-bond acceptors (Lipinski definition) is 2. The molecular weight excluding hydrogens is 655 g/mol. The second-order valence-corrected chi connectivity index (χ2v) is 13.8. The van der Waals surface area contributed by atoms with Crippen molar-refractivity contribution in [1.82, 2.24) is 0 Å². The molecule has 0 fully saturated rings. The highest BCUT2D eigenvalue weighted by atomic mass is 16.3. The van der Waals surface area contributed by atoms with Gasteiger partial charge in [0.15, 0.2) is 0 Å².